The van der Waals surface area contributed by atoms with Gasteiger partial charge >= 0.3 is 0 Å². The van der Waals surface area contributed by atoms with Gasteiger partial charge in [0.25, 0.3) is 0 Å². The lowest BCUT2D eigenvalue weighted by molar-refractivity contribution is -0.119. The smallest absolute Gasteiger partial charge is 0.240 e. The van der Waals surface area contributed by atoms with Crippen molar-refractivity contribution >= 4 is 18.0 Å². The van der Waals surface area contributed by atoms with Crippen molar-refractivity contribution in [2.75, 3.05) is 11.4 Å². The van der Waals surface area contributed by atoms with Gasteiger partial charge < -0.3 is 10.6 Å². The predicted octanol–water partition coefficient (Wildman–Crippen LogP) is 0.738. The molecule has 1 aromatic heterocycles. The van der Waals surface area contributed by atoms with E-state index >= 15 is 0 Å². The number of rotatable bonds is 3. The summed E-state index contributed by atoms with van der Waals surface area (Å²) >= 11 is 0. The Morgan fingerprint density at radius 1 is 1.47 bits per heavy atom. The van der Waals surface area contributed by atoms with Crippen molar-refractivity contribution in [3.05, 3.63) is 23.9 Å². The number of pyridine rings is 1. The Labute approximate surface area is 99.6 Å². The third-order valence-electron chi connectivity index (χ3n) is 3.03. The highest BCUT2D eigenvalue weighted by molar-refractivity contribution is 5.83. The zero-order valence-corrected chi connectivity index (χ0v) is 9.50. The number of primary amides is 1. The Hall–Kier alpha value is -1.91. The molecule has 2 heterocycles. The number of hydrogen-bond donors (Lipinski definition) is 1. The summed E-state index contributed by atoms with van der Waals surface area (Å²) in [6, 6.07) is 3.17. The molecule has 17 heavy (non-hydrogen) atoms. The maximum atomic E-state index is 11.4. The third-order valence-corrected chi connectivity index (χ3v) is 3.03. The van der Waals surface area contributed by atoms with Gasteiger partial charge in [-0.3, -0.25) is 9.59 Å². The van der Waals surface area contributed by atoms with E-state index in [9.17, 15) is 9.59 Å². The minimum Gasteiger partial charge on any atom is -0.368 e. The first-order valence-corrected chi connectivity index (χ1v) is 5.69. The number of nitrogens with zero attached hydrogens (tertiary/aromatic N) is 2. The molecule has 0 saturated carbocycles. The highest BCUT2D eigenvalue weighted by Gasteiger charge is 2.27. The van der Waals surface area contributed by atoms with Crippen LogP contribution in [0.3, 0.4) is 0 Å². The van der Waals surface area contributed by atoms with Gasteiger partial charge in [-0.05, 0) is 31.4 Å². The van der Waals surface area contributed by atoms with Crippen LogP contribution in [-0.4, -0.2) is 29.8 Å². The molecule has 1 aromatic rings. The zero-order chi connectivity index (χ0) is 12.3. The lowest BCUT2D eigenvalue weighted by Crippen LogP contribution is -2.48. The van der Waals surface area contributed by atoms with E-state index in [0.29, 0.717) is 11.4 Å². The Kier molecular flexibility index (Phi) is 3.37. The van der Waals surface area contributed by atoms with Gasteiger partial charge in [0.05, 0.1) is 0 Å². The van der Waals surface area contributed by atoms with Crippen LogP contribution < -0.4 is 10.6 Å². The van der Waals surface area contributed by atoms with Gasteiger partial charge in [0.1, 0.15) is 11.9 Å². The fraction of sp³-hybridized carbons (Fsp3) is 0.417. The molecular weight excluding hydrogens is 218 g/mol. The molecule has 0 bridgehead atoms. The van der Waals surface area contributed by atoms with Crippen molar-refractivity contribution in [3.63, 3.8) is 0 Å². The summed E-state index contributed by atoms with van der Waals surface area (Å²) < 4.78 is 0. The lowest BCUT2D eigenvalue weighted by atomic mass is 10.0. The van der Waals surface area contributed by atoms with Crippen molar-refractivity contribution in [1.82, 2.24) is 4.98 Å². The van der Waals surface area contributed by atoms with Crippen LogP contribution in [0.2, 0.25) is 0 Å². The summed E-state index contributed by atoms with van der Waals surface area (Å²) in [4.78, 5) is 28.0. The number of aldehydes is 1. The highest BCUT2D eigenvalue weighted by Crippen LogP contribution is 2.22. The molecule has 5 heteroatoms. The van der Waals surface area contributed by atoms with E-state index in [1.807, 2.05) is 4.90 Å². The number of nitrogens with two attached hydrogens (primary N) is 1. The second-order valence-electron chi connectivity index (χ2n) is 4.17. The molecule has 0 spiro atoms. The molecule has 1 fully saturated rings. The Balaban J connectivity index is 2.23. The minimum absolute atomic E-state index is 0.279. The van der Waals surface area contributed by atoms with Crippen LogP contribution in [-0.2, 0) is 4.79 Å². The Bertz CT molecular complexity index is 416. The van der Waals surface area contributed by atoms with E-state index in [-0.39, 0.29) is 11.9 Å². The second kappa shape index (κ2) is 4.95. The number of hydrogen-bond acceptors (Lipinski definition) is 4. The highest BCUT2D eigenvalue weighted by atomic mass is 16.1. The minimum atomic E-state index is -0.314. The van der Waals surface area contributed by atoms with Gasteiger partial charge in [0.2, 0.25) is 5.91 Å². The second-order valence-corrected chi connectivity index (χ2v) is 4.17. The SMILES string of the molecule is NC(=O)C1CCCCN1c1ccc(C=O)cn1. The molecule has 0 aromatic carbocycles. The van der Waals surface area contributed by atoms with Gasteiger partial charge in [0.15, 0.2) is 6.29 Å². The van der Waals surface area contributed by atoms with Crippen LogP contribution in [0.5, 0.6) is 0 Å². The van der Waals surface area contributed by atoms with Crippen molar-refractivity contribution in [1.29, 1.82) is 0 Å². The molecule has 1 amide bonds. The summed E-state index contributed by atoms with van der Waals surface area (Å²) in [7, 11) is 0. The molecule has 5 nitrogen and oxygen atoms in total. The van der Waals surface area contributed by atoms with Crippen molar-refractivity contribution in [2.45, 2.75) is 25.3 Å². The summed E-state index contributed by atoms with van der Waals surface area (Å²) in [5.41, 5.74) is 5.92. The molecular formula is C12H15N3O2. The number of carbonyl (C=O) groups is 2. The van der Waals surface area contributed by atoms with Crippen LogP contribution >= 0.6 is 0 Å². The van der Waals surface area contributed by atoms with Crippen molar-refractivity contribution in [2.24, 2.45) is 5.73 Å². The standard InChI is InChI=1S/C12H15N3O2/c13-12(17)10-3-1-2-6-15(10)11-5-4-9(8-16)7-14-11/h4-5,7-8,10H,1-3,6H2,(H2,13,17). The van der Waals surface area contributed by atoms with E-state index in [2.05, 4.69) is 4.98 Å². The first kappa shape index (κ1) is 11.6. The molecule has 1 saturated heterocycles. The van der Waals surface area contributed by atoms with Gasteiger partial charge in [0, 0.05) is 18.3 Å². The maximum Gasteiger partial charge on any atom is 0.240 e. The zero-order valence-electron chi connectivity index (χ0n) is 9.50. The van der Waals surface area contributed by atoms with Crippen LogP contribution in [0, 0.1) is 0 Å². The van der Waals surface area contributed by atoms with Crippen LogP contribution in [0.1, 0.15) is 29.6 Å². The van der Waals surface area contributed by atoms with Gasteiger partial charge in [-0.25, -0.2) is 4.98 Å². The third kappa shape index (κ3) is 2.43. The summed E-state index contributed by atoms with van der Waals surface area (Å²) in [5, 5.41) is 0. The topological polar surface area (TPSA) is 76.3 Å². The van der Waals surface area contributed by atoms with Crippen LogP contribution in [0.15, 0.2) is 18.3 Å². The van der Waals surface area contributed by atoms with E-state index < -0.39 is 0 Å². The van der Waals surface area contributed by atoms with Crippen molar-refractivity contribution in [3.8, 4) is 0 Å². The first-order valence-electron chi connectivity index (χ1n) is 5.69. The average Bonchev–Trinajstić information content (AvgIpc) is 2.39. The molecule has 2 N–H and O–H groups in total. The fourth-order valence-corrected chi connectivity index (χ4v) is 2.14. The molecule has 2 rings (SSSR count). The molecule has 1 aliphatic rings. The number of carbonyl (C=O) groups excluding carboxylic acids is 2. The van der Waals surface area contributed by atoms with Crippen LogP contribution in [0.4, 0.5) is 5.82 Å². The quantitative estimate of drug-likeness (QED) is 0.781. The summed E-state index contributed by atoms with van der Waals surface area (Å²) in [5.74, 6) is 0.394. The van der Waals surface area contributed by atoms with Gasteiger partial charge in [-0.2, -0.15) is 0 Å². The predicted molar refractivity (Wildman–Crippen MR) is 63.8 cm³/mol. The molecule has 1 unspecified atom stereocenters. The lowest BCUT2D eigenvalue weighted by Gasteiger charge is -2.34. The van der Waals surface area contributed by atoms with Gasteiger partial charge in [-0.1, -0.05) is 0 Å². The van der Waals surface area contributed by atoms with Gasteiger partial charge in [-0.15, -0.1) is 0 Å². The van der Waals surface area contributed by atoms with Crippen molar-refractivity contribution < 1.29 is 9.59 Å². The molecule has 1 atom stereocenters. The number of aromatic nitrogens is 1. The molecule has 1 aliphatic heterocycles. The normalized spacial score (nSPS) is 20.0. The van der Waals surface area contributed by atoms with Crippen LogP contribution in [0.25, 0.3) is 0 Å². The fourth-order valence-electron chi connectivity index (χ4n) is 2.14. The monoisotopic (exact) mass is 233 g/mol. The Morgan fingerprint density at radius 3 is 2.88 bits per heavy atom. The Morgan fingerprint density at radius 2 is 2.29 bits per heavy atom. The van der Waals surface area contributed by atoms with E-state index in [1.165, 1.54) is 6.20 Å². The summed E-state index contributed by atoms with van der Waals surface area (Å²) in [6.07, 6.45) is 5.07. The number of anilines is 1. The molecule has 90 valence electrons. The van der Waals surface area contributed by atoms with E-state index in [1.54, 1.807) is 12.1 Å². The molecule has 0 aliphatic carbocycles. The summed E-state index contributed by atoms with van der Waals surface area (Å²) in [6.45, 7) is 0.779. The van der Waals surface area contributed by atoms with E-state index in [4.69, 9.17) is 5.73 Å². The number of piperidine rings is 1. The van der Waals surface area contributed by atoms with E-state index in [0.717, 1.165) is 32.1 Å². The first-order chi connectivity index (χ1) is 8.22. The number of amides is 1. The maximum absolute atomic E-state index is 11.4. The largest absolute Gasteiger partial charge is 0.368 e. The average molecular weight is 233 g/mol. The molecule has 0 radical (unpaired) electrons.